The summed E-state index contributed by atoms with van der Waals surface area (Å²) >= 11 is 0. The third-order valence-electron chi connectivity index (χ3n) is 5.99. The van der Waals surface area contributed by atoms with E-state index in [1.165, 1.54) is 23.8 Å². The number of hydrogen-bond donors (Lipinski definition) is 1. The minimum atomic E-state index is -0.436. The number of amides is 1. The third kappa shape index (κ3) is 4.95. The second-order valence-electron chi connectivity index (χ2n) is 8.60. The highest BCUT2D eigenvalue weighted by molar-refractivity contribution is 6.05. The van der Waals surface area contributed by atoms with E-state index >= 15 is 0 Å². The Morgan fingerprint density at radius 2 is 1.70 bits per heavy atom. The van der Waals surface area contributed by atoms with Gasteiger partial charge in [0.15, 0.2) is 0 Å². The summed E-state index contributed by atoms with van der Waals surface area (Å²) in [6.45, 7) is 6.16. The standard InChI is InChI=1S/C27H27N3O3/c1-18-4-10-22(11-5-18)28-25-17-20(3)29(26-16-19(2)6-14-24(25)26)27(31)15-9-21-7-12-23(13-8-21)30(32)33/h4-16,20,25,28H,17H2,1-3H3/b15-9+/t20-,25-/m1/s1. The number of nitro groups is 1. The molecule has 0 aliphatic carbocycles. The molecular weight excluding hydrogens is 414 g/mol. The third-order valence-corrected chi connectivity index (χ3v) is 5.99. The molecule has 1 aliphatic rings. The molecule has 0 saturated carbocycles. The van der Waals surface area contributed by atoms with Crippen molar-refractivity contribution in [1.29, 1.82) is 0 Å². The second kappa shape index (κ2) is 9.28. The number of nitrogens with zero attached hydrogens (tertiary/aromatic N) is 2. The van der Waals surface area contributed by atoms with Crippen LogP contribution in [-0.2, 0) is 4.79 Å². The normalized spacial score (nSPS) is 17.6. The van der Waals surface area contributed by atoms with Crippen LogP contribution in [0.15, 0.2) is 72.8 Å². The number of aryl methyl sites for hydroxylation is 2. The number of benzene rings is 3. The molecule has 1 aliphatic heterocycles. The fourth-order valence-electron chi connectivity index (χ4n) is 4.25. The number of hydrogen-bond acceptors (Lipinski definition) is 4. The molecule has 2 atom stereocenters. The van der Waals surface area contributed by atoms with E-state index in [1.54, 1.807) is 18.2 Å². The zero-order valence-electron chi connectivity index (χ0n) is 19.0. The van der Waals surface area contributed by atoms with Crippen molar-refractivity contribution in [2.45, 2.75) is 39.3 Å². The number of non-ortho nitro benzene ring substituents is 1. The van der Waals surface area contributed by atoms with Gasteiger partial charge in [-0.05, 0) is 80.3 Å². The lowest BCUT2D eigenvalue weighted by molar-refractivity contribution is -0.384. The average Bonchev–Trinajstić information content (AvgIpc) is 2.79. The van der Waals surface area contributed by atoms with Crippen LogP contribution >= 0.6 is 0 Å². The van der Waals surface area contributed by atoms with Gasteiger partial charge in [0.2, 0.25) is 0 Å². The molecule has 0 fully saturated rings. The van der Waals surface area contributed by atoms with E-state index in [9.17, 15) is 14.9 Å². The van der Waals surface area contributed by atoms with Crippen molar-refractivity contribution in [3.63, 3.8) is 0 Å². The fraction of sp³-hybridized carbons (Fsp3) is 0.222. The predicted octanol–water partition coefficient (Wildman–Crippen LogP) is 6.20. The van der Waals surface area contributed by atoms with Gasteiger partial charge in [0.25, 0.3) is 11.6 Å². The van der Waals surface area contributed by atoms with Crippen LogP contribution in [0.3, 0.4) is 0 Å². The summed E-state index contributed by atoms with van der Waals surface area (Å²) in [7, 11) is 0. The number of carbonyl (C=O) groups excluding carboxylic acids is 1. The number of nitrogens with one attached hydrogen (secondary N) is 1. The zero-order valence-corrected chi connectivity index (χ0v) is 19.0. The Morgan fingerprint density at radius 3 is 2.36 bits per heavy atom. The van der Waals surface area contributed by atoms with E-state index < -0.39 is 4.92 Å². The van der Waals surface area contributed by atoms with Crippen LogP contribution in [0.5, 0.6) is 0 Å². The van der Waals surface area contributed by atoms with Crippen LogP contribution in [0, 0.1) is 24.0 Å². The van der Waals surface area contributed by atoms with Crippen molar-refractivity contribution in [1.82, 2.24) is 0 Å². The lowest BCUT2D eigenvalue weighted by Gasteiger charge is -2.39. The topological polar surface area (TPSA) is 75.5 Å². The molecule has 1 heterocycles. The summed E-state index contributed by atoms with van der Waals surface area (Å²) in [5.41, 5.74) is 6.14. The Labute approximate surface area is 193 Å². The first-order chi connectivity index (χ1) is 15.8. The van der Waals surface area contributed by atoms with Crippen molar-refractivity contribution in [3.8, 4) is 0 Å². The van der Waals surface area contributed by atoms with Gasteiger partial charge >= 0.3 is 0 Å². The van der Waals surface area contributed by atoms with Gasteiger partial charge in [0.1, 0.15) is 0 Å². The molecule has 4 rings (SSSR count). The van der Waals surface area contributed by atoms with Crippen LogP contribution in [-0.4, -0.2) is 16.9 Å². The average molecular weight is 442 g/mol. The van der Waals surface area contributed by atoms with Gasteiger partial charge < -0.3 is 10.2 Å². The SMILES string of the molecule is Cc1ccc(N[C@@H]2C[C@@H](C)N(C(=O)/C=C/c3ccc([N+](=O)[O-])cc3)c3cc(C)ccc32)cc1. The number of fused-ring (bicyclic) bond motifs is 1. The monoisotopic (exact) mass is 441 g/mol. The van der Waals surface area contributed by atoms with Crippen LogP contribution in [0.25, 0.3) is 6.08 Å². The number of nitro benzene ring substituents is 1. The van der Waals surface area contributed by atoms with E-state index in [4.69, 9.17) is 0 Å². The Morgan fingerprint density at radius 1 is 1.03 bits per heavy atom. The summed E-state index contributed by atoms with van der Waals surface area (Å²) in [6, 6.07) is 20.8. The Hall–Kier alpha value is -3.93. The van der Waals surface area contributed by atoms with Crippen molar-refractivity contribution >= 4 is 29.0 Å². The molecule has 0 saturated heterocycles. The molecule has 0 bridgehead atoms. The highest BCUT2D eigenvalue weighted by Gasteiger charge is 2.33. The molecule has 3 aromatic rings. The van der Waals surface area contributed by atoms with Gasteiger partial charge in [-0.2, -0.15) is 0 Å². The molecule has 33 heavy (non-hydrogen) atoms. The van der Waals surface area contributed by atoms with E-state index in [0.29, 0.717) is 0 Å². The van der Waals surface area contributed by atoms with E-state index in [-0.39, 0.29) is 23.7 Å². The minimum Gasteiger partial charge on any atom is -0.378 e. The van der Waals surface area contributed by atoms with Gasteiger partial charge in [-0.15, -0.1) is 0 Å². The first-order valence-corrected chi connectivity index (χ1v) is 11.0. The minimum absolute atomic E-state index is 0.00346. The highest BCUT2D eigenvalue weighted by Crippen LogP contribution is 2.39. The van der Waals surface area contributed by atoms with Gasteiger partial charge in [0, 0.05) is 35.6 Å². The molecule has 3 aromatic carbocycles. The van der Waals surface area contributed by atoms with Gasteiger partial charge in [0.05, 0.1) is 11.0 Å². The molecule has 0 radical (unpaired) electrons. The molecule has 6 nitrogen and oxygen atoms in total. The van der Waals surface area contributed by atoms with Crippen molar-refractivity contribution in [2.24, 2.45) is 0 Å². The molecule has 0 spiro atoms. The van der Waals surface area contributed by atoms with Crippen LogP contribution in [0.2, 0.25) is 0 Å². The molecular formula is C27H27N3O3. The maximum absolute atomic E-state index is 13.2. The lowest BCUT2D eigenvalue weighted by atomic mass is 9.90. The molecule has 6 heteroatoms. The predicted molar refractivity (Wildman–Crippen MR) is 132 cm³/mol. The van der Waals surface area contributed by atoms with E-state index in [0.717, 1.165) is 34.5 Å². The molecule has 1 amide bonds. The van der Waals surface area contributed by atoms with Gasteiger partial charge in [-0.1, -0.05) is 29.8 Å². The molecule has 0 aromatic heterocycles. The fourth-order valence-corrected chi connectivity index (χ4v) is 4.25. The Bertz CT molecular complexity index is 1200. The van der Waals surface area contributed by atoms with Crippen LogP contribution < -0.4 is 10.2 Å². The maximum atomic E-state index is 13.2. The summed E-state index contributed by atoms with van der Waals surface area (Å²) in [6.07, 6.45) is 4.02. The molecule has 168 valence electrons. The van der Waals surface area contributed by atoms with Crippen molar-refractivity contribution < 1.29 is 9.72 Å². The second-order valence-corrected chi connectivity index (χ2v) is 8.60. The number of rotatable bonds is 5. The van der Waals surface area contributed by atoms with Crippen LogP contribution in [0.1, 0.15) is 41.6 Å². The quantitative estimate of drug-likeness (QED) is 0.290. The zero-order chi connectivity index (χ0) is 23.5. The first kappa shape index (κ1) is 22.3. The summed E-state index contributed by atoms with van der Waals surface area (Å²) < 4.78 is 0. The number of carbonyl (C=O) groups is 1. The smallest absolute Gasteiger partial charge is 0.269 e. The van der Waals surface area contributed by atoms with Gasteiger partial charge in [-0.25, -0.2) is 0 Å². The van der Waals surface area contributed by atoms with Crippen molar-refractivity contribution in [3.05, 3.63) is 105 Å². The largest absolute Gasteiger partial charge is 0.378 e. The Kier molecular flexibility index (Phi) is 6.27. The Balaban J connectivity index is 1.59. The van der Waals surface area contributed by atoms with E-state index in [2.05, 4.69) is 61.6 Å². The highest BCUT2D eigenvalue weighted by atomic mass is 16.6. The molecule has 0 unspecified atom stereocenters. The first-order valence-electron chi connectivity index (χ1n) is 11.0. The summed E-state index contributed by atoms with van der Waals surface area (Å²) in [5, 5.41) is 14.5. The molecule has 1 N–H and O–H groups in total. The van der Waals surface area contributed by atoms with Gasteiger partial charge in [-0.3, -0.25) is 14.9 Å². The lowest BCUT2D eigenvalue weighted by Crippen LogP contribution is -2.43. The number of anilines is 2. The van der Waals surface area contributed by atoms with Crippen molar-refractivity contribution in [2.75, 3.05) is 10.2 Å². The summed E-state index contributed by atoms with van der Waals surface area (Å²) in [5.74, 6) is -0.110. The summed E-state index contributed by atoms with van der Waals surface area (Å²) in [4.78, 5) is 25.5. The van der Waals surface area contributed by atoms with E-state index in [1.807, 2.05) is 11.8 Å². The maximum Gasteiger partial charge on any atom is 0.269 e. The van der Waals surface area contributed by atoms with Crippen LogP contribution in [0.4, 0.5) is 17.1 Å².